The Balaban J connectivity index is 1.15. The van der Waals surface area contributed by atoms with Crippen molar-refractivity contribution in [3.05, 3.63) is 186 Å². The van der Waals surface area contributed by atoms with E-state index < -0.39 is 0 Å². The van der Waals surface area contributed by atoms with Crippen LogP contribution in [-0.4, -0.2) is 6.10 Å². The van der Waals surface area contributed by atoms with Gasteiger partial charge in [0.05, 0.1) is 5.69 Å². The molecule has 3 nitrogen and oxygen atoms in total. The van der Waals surface area contributed by atoms with Crippen LogP contribution in [0, 0.1) is 0 Å². The second kappa shape index (κ2) is 10.8. The molecule has 0 saturated carbocycles. The number of furan rings is 1. The summed E-state index contributed by atoms with van der Waals surface area (Å²) in [6.07, 6.45) is 6.63. The molecule has 7 aromatic carbocycles. The summed E-state index contributed by atoms with van der Waals surface area (Å²) in [4.78, 5) is 2.46. The van der Waals surface area contributed by atoms with Gasteiger partial charge in [-0.15, -0.1) is 0 Å². The molecule has 3 heteroatoms. The lowest BCUT2D eigenvalue weighted by molar-refractivity contribution is 0.281. The Hall–Kier alpha value is -6.32. The number of para-hydroxylation sites is 1. The van der Waals surface area contributed by atoms with E-state index >= 15 is 0 Å². The summed E-state index contributed by atoms with van der Waals surface area (Å²) in [6, 6.07) is 52.6. The first-order valence-electron chi connectivity index (χ1n) is 18.2. The average molecular weight is 670 g/mol. The Morgan fingerprint density at radius 2 is 1.27 bits per heavy atom. The number of rotatable bonds is 4. The zero-order valence-corrected chi connectivity index (χ0v) is 29.0. The number of allylic oxidation sites excluding steroid dienone is 2. The van der Waals surface area contributed by atoms with E-state index in [0.717, 1.165) is 55.5 Å². The number of hydrogen-bond acceptors (Lipinski definition) is 3. The van der Waals surface area contributed by atoms with Gasteiger partial charge < -0.3 is 14.1 Å². The fourth-order valence-corrected chi connectivity index (χ4v) is 9.12. The normalized spacial score (nSPS) is 17.8. The molecular formula is C49H35NO2. The number of benzene rings is 7. The molecule has 2 heterocycles. The van der Waals surface area contributed by atoms with Crippen molar-refractivity contribution in [2.75, 3.05) is 4.90 Å². The highest BCUT2D eigenvalue weighted by Crippen LogP contribution is 2.55. The summed E-state index contributed by atoms with van der Waals surface area (Å²) in [5.74, 6) is 1.07. The van der Waals surface area contributed by atoms with E-state index in [1.165, 1.54) is 39.0 Å². The molecular weight excluding hydrogens is 635 g/mol. The molecule has 0 spiro atoms. The first-order chi connectivity index (χ1) is 25.5. The second-order valence-corrected chi connectivity index (χ2v) is 14.8. The van der Waals surface area contributed by atoms with Gasteiger partial charge in [0.2, 0.25) is 0 Å². The van der Waals surface area contributed by atoms with Crippen LogP contribution in [0.5, 0.6) is 5.75 Å². The van der Waals surface area contributed by atoms with Crippen molar-refractivity contribution >= 4 is 55.3 Å². The Bertz CT molecular complexity index is 2820. The molecule has 0 bridgehead atoms. The SMILES string of the molecule is CC1(C)c2ccccc2-c2ccc(N(c3ccc4oc5ccccc5c4c3)c3cc4c(c5ccccc35)OC3C(c5ccccc5)=CC=CC43)cc21. The largest absolute Gasteiger partial charge is 0.484 e. The lowest BCUT2D eigenvalue weighted by atomic mass is 9.82. The zero-order valence-electron chi connectivity index (χ0n) is 29.0. The fraction of sp³-hybridized carbons (Fsp3) is 0.102. The van der Waals surface area contributed by atoms with Crippen molar-refractivity contribution in [3.8, 4) is 16.9 Å². The summed E-state index contributed by atoms with van der Waals surface area (Å²) in [5.41, 5.74) is 14.0. The van der Waals surface area contributed by atoms with E-state index in [2.05, 4.69) is 170 Å². The molecule has 0 radical (unpaired) electrons. The van der Waals surface area contributed by atoms with Crippen LogP contribution in [0.25, 0.3) is 49.4 Å². The second-order valence-electron chi connectivity index (χ2n) is 14.8. The third kappa shape index (κ3) is 4.14. The first kappa shape index (κ1) is 29.4. The fourth-order valence-electron chi connectivity index (χ4n) is 9.12. The lowest BCUT2D eigenvalue weighted by Crippen LogP contribution is -2.21. The maximum atomic E-state index is 7.01. The maximum Gasteiger partial charge on any atom is 0.135 e. The van der Waals surface area contributed by atoms with Crippen LogP contribution >= 0.6 is 0 Å². The zero-order chi connectivity index (χ0) is 34.6. The molecule has 1 aromatic heterocycles. The van der Waals surface area contributed by atoms with Gasteiger partial charge in [-0.05, 0) is 70.3 Å². The van der Waals surface area contributed by atoms with Crippen LogP contribution in [0.15, 0.2) is 168 Å². The Morgan fingerprint density at radius 1 is 0.577 bits per heavy atom. The molecule has 3 aliphatic rings. The predicted octanol–water partition coefficient (Wildman–Crippen LogP) is 13.0. The highest BCUT2D eigenvalue weighted by atomic mass is 16.5. The average Bonchev–Trinajstić information content (AvgIpc) is 3.83. The standard InChI is InChI=1S/C49H35NO2/c1-49(2)42-21-10-8-15-34(42)35-25-23-32(28-43(35)49)50(31-24-26-46-40(27-31)37-17-9-11-22-45(37)51-46)44-29-41-39-20-12-19-33(30-13-4-3-5-14-30)47(39)52-48(41)38-18-7-6-16-36(38)44/h3-29,39,47H,1-2H3. The van der Waals surface area contributed by atoms with Gasteiger partial charge in [0.25, 0.3) is 0 Å². The molecule has 2 aliphatic carbocycles. The summed E-state index contributed by atoms with van der Waals surface area (Å²) in [5, 5.41) is 4.49. The molecule has 2 atom stereocenters. The van der Waals surface area contributed by atoms with E-state index in [0.29, 0.717) is 0 Å². The smallest absolute Gasteiger partial charge is 0.135 e. The van der Waals surface area contributed by atoms with E-state index in [4.69, 9.17) is 9.15 Å². The van der Waals surface area contributed by atoms with Crippen LogP contribution in [0.4, 0.5) is 17.1 Å². The molecule has 0 fully saturated rings. The number of hydrogen-bond donors (Lipinski definition) is 0. The van der Waals surface area contributed by atoms with Crippen molar-refractivity contribution < 1.29 is 9.15 Å². The van der Waals surface area contributed by atoms with Crippen molar-refractivity contribution in [1.29, 1.82) is 0 Å². The van der Waals surface area contributed by atoms with Crippen molar-refractivity contribution in [2.45, 2.75) is 31.3 Å². The van der Waals surface area contributed by atoms with Gasteiger partial charge in [0, 0.05) is 55.4 Å². The van der Waals surface area contributed by atoms with Crippen LogP contribution in [0.1, 0.15) is 42.0 Å². The predicted molar refractivity (Wildman–Crippen MR) is 214 cm³/mol. The van der Waals surface area contributed by atoms with Gasteiger partial charge >= 0.3 is 0 Å². The van der Waals surface area contributed by atoms with E-state index in [1.807, 2.05) is 12.1 Å². The molecule has 8 aromatic rings. The molecule has 2 unspecified atom stereocenters. The highest BCUT2D eigenvalue weighted by molar-refractivity contribution is 6.08. The van der Waals surface area contributed by atoms with E-state index in [1.54, 1.807) is 0 Å². The van der Waals surface area contributed by atoms with Gasteiger partial charge in [-0.25, -0.2) is 0 Å². The Morgan fingerprint density at radius 3 is 2.15 bits per heavy atom. The minimum absolute atomic E-state index is 0.0918. The van der Waals surface area contributed by atoms with Crippen LogP contribution in [0.3, 0.4) is 0 Å². The quantitative estimate of drug-likeness (QED) is 0.186. The van der Waals surface area contributed by atoms with Gasteiger partial charge in [0.1, 0.15) is 23.0 Å². The van der Waals surface area contributed by atoms with Gasteiger partial charge in [-0.2, -0.15) is 0 Å². The topological polar surface area (TPSA) is 25.6 Å². The minimum atomic E-state index is -0.132. The van der Waals surface area contributed by atoms with Crippen molar-refractivity contribution in [1.82, 2.24) is 0 Å². The Labute approximate surface area is 302 Å². The van der Waals surface area contributed by atoms with Crippen molar-refractivity contribution in [3.63, 3.8) is 0 Å². The summed E-state index contributed by atoms with van der Waals surface area (Å²) in [7, 11) is 0. The molecule has 11 rings (SSSR count). The minimum Gasteiger partial charge on any atom is -0.484 e. The molecule has 0 saturated heterocycles. The number of nitrogens with zero attached hydrogens (tertiary/aromatic N) is 1. The first-order valence-corrected chi connectivity index (χ1v) is 18.2. The van der Waals surface area contributed by atoms with Gasteiger partial charge in [0.15, 0.2) is 0 Å². The monoisotopic (exact) mass is 669 g/mol. The molecule has 52 heavy (non-hydrogen) atoms. The maximum absolute atomic E-state index is 7.01. The van der Waals surface area contributed by atoms with Gasteiger partial charge in [-0.3, -0.25) is 0 Å². The van der Waals surface area contributed by atoms with Gasteiger partial charge in [-0.1, -0.05) is 135 Å². The third-order valence-corrected chi connectivity index (χ3v) is 11.6. The summed E-state index contributed by atoms with van der Waals surface area (Å²) in [6.45, 7) is 4.70. The third-order valence-electron chi connectivity index (χ3n) is 11.6. The van der Waals surface area contributed by atoms with Crippen molar-refractivity contribution in [2.24, 2.45) is 0 Å². The molecule has 0 amide bonds. The molecule has 248 valence electrons. The van der Waals surface area contributed by atoms with Crippen LogP contribution in [-0.2, 0) is 5.41 Å². The molecule has 1 aliphatic heterocycles. The summed E-state index contributed by atoms with van der Waals surface area (Å²) < 4.78 is 13.3. The van der Waals surface area contributed by atoms with Crippen LogP contribution < -0.4 is 9.64 Å². The highest BCUT2D eigenvalue weighted by Gasteiger charge is 2.40. The van der Waals surface area contributed by atoms with E-state index in [-0.39, 0.29) is 17.4 Å². The summed E-state index contributed by atoms with van der Waals surface area (Å²) >= 11 is 0. The Kier molecular flexibility index (Phi) is 6.13. The molecule has 0 N–H and O–H groups in total. The number of anilines is 3. The lowest BCUT2D eigenvalue weighted by Gasteiger charge is -2.30. The number of fused-ring (bicyclic) bond motifs is 11. The van der Waals surface area contributed by atoms with E-state index in [9.17, 15) is 0 Å². The number of ether oxygens (including phenoxy) is 1. The van der Waals surface area contributed by atoms with Crippen LogP contribution in [0.2, 0.25) is 0 Å².